The van der Waals surface area contributed by atoms with Crippen molar-refractivity contribution < 1.29 is 17.9 Å². The van der Waals surface area contributed by atoms with Gasteiger partial charge in [-0.05, 0) is 31.0 Å². The molecule has 19 heavy (non-hydrogen) atoms. The Morgan fingerprint density at radius 1 is 1.47 bits per heavy atom. The topological polar surface area (TPSA) is 81.4 Å². The number of halogens is 1. The van der Waals surface area contributed by atoms with Gasteiger partial charge in [-0.3, -0.25) is 0 Å². The summed E-state index contributed by atoms with van der Waals surface area (Å²) in [6.45, 7) is -0.270. The van der Waals surface area contributed by atoms with Gasteiger partial charge >= 0.3 is 0 Å². The van der Waals surface area contributed by atoms with Crippen molar-refractivity contribution in [1.29, 1.82) is 5.26 Å². The number of aliphatic hydroxyl groups is 1. The van der Waals surface area contributed by atoms with Crippen LogP contribution in [0.1, 0.15) is 18.4 Å². The molecule has 1 aromatic rings. The van der Waals surface area contributed by atoms with Gasteiger partial charge in [0.15, 0.2) is 0 Å². The second kappa shape index (κ2) is 5.25. The van der Waals surface area contributed by atoms with E-state index in [-0.39, 0.29) is 29.7 Å². The van der Waals surface area contributed by atoms with Gasteiger partial charge in [0.25, 0.3) is 0 Å². The van der Waals surface area contributed by atoms with E-state index in [0.717, 1.165) is 31.0 Å². The molecule has 5 nitrogen and oxygen atoms in total. The lowest BCUT2D eigenvalue weighted by atomic mass is 10.2. The monoisotopic (exact) mass is 284 g/mol. The van der Waals surface area contributed by atoms with Crippen LogP contribution in [-0.2, 0) is 10.0 Å². The molecule has 0 heterocycles. The smallest absolute Gasteiger partial charge is 0.243 e. The average Bonchev–Trinajstić information content (AvgIpc) is 3.20. The quantitative estimate of drug-likeness (QED) is 0.868. The molecule has 1 aliphatic rings. The first-order valence-electron chi connectivity index (χ1n) is 5.83. The molecule has 0 aromatic heterocycles. The largest absolute Gasteiger partial charge is 0.395 e. The Kier molecular flexibility index (Phi) is 3.85. The zero-order valence-corrected chi connectivity index (χ0v) is 10.9. The summed E-state index contributed by atoms with van der Waals surface area (Å²) in [5.74, 6) is -0.749. The predicted molar refractivity (Wildman–Crippen MR) is 65.1 cm³/mol. The molecule has 2 rings (SSSR count). The molecular formula is C12H13FN2O3S. The highest BCUT2D eigenvalue weighted by Crippen LogP contribution is 2.32. The Bertz CT molecular complexity index is 620. The number of hydrogen-bond acceptors (Lipinski definition) is 4. The number of sulfonamides is 1. The predicted octanol–water partition coefficient (Wildman–Crippen LogP) is 0.843. The maximum absolute atomic E-state index is 13.2. The van der Waals surface area contributed by atoms with Crippen molar-refractivity contribution in [3.63, 3.8) is 0 Å². The summed E-state index contributed by atoms with van der Waals surface area (Å²) in [4.78, 5) is -0.120. The van der Waals surface area contributed by atoms with Crippen LogP contribution in [0.2, 0.25) is 0 Å². The molecule has 0 bridgehead atoms. The second-order valence-corrected chi connectivity index (χ2v) is 6.21. The van der Waals surface area contributed by atoms with E-state index < -0.39 is 15.8 Å². The third-order valence-electron chi connectivity index (χ3n) is 2.94. The normalized spacial score (nSPS) is 15.5. The number of nitriles is 1. The van der Waals surface area contributed by atoms with Crippen LogP contribution in [0, 0.1) is 17.1 Å². The highest BCUT2D eigenvalue weighted by molar-refractivity contribution is 7.89. The first kappa shape index (κ1) is 13.9. The van der Waals surface area contributed by atoms with E-state index in [1.165, 1.54) is 4.31 Å². The SMILES string of the molecule is N#Cc1cc(S(=O)(=O)N(CCO)C2CC2)ccc1F. The van der Waals surface area contributed by atoms with Crippen molar-refractivity contribution in [3.05, 3.63) is 29.6 Å². The van der Waals surface area contributed by atoms with Gasteiger partial charge in [-0.2, -0.15) is 9.57 Å². The molecule has 1 aliphatic carbocycles. The molecule has 0 amide bonds. The molecule has 0 aliphatic heterocycles. The molecule has 7 heteroatoms. The molecule has 0 spiro atoms. The van der Waals surface area contributed by atoms with E-state index in [9.17, 15) is 12.8 Å². The fourth-order valence-corrected chi connectivity index (χ4v) is 3.55. The maximum atomic E-state index is 13.2. The second-order valence-electron chi connectivity index (χ2n) is 4.32. The van der Waals surface area contributed by atoms with E-state index in [1.54, 1.807) is 6.07 Å². The Hall–Kier alpha value is -1.49. The molecule has 0 radical (unpaired) electrons. The van der Waals surface area contributed by atoms with Crippen LogP contribution in [0.15, 0.2) is 23.1 Å². The maximum Gasteiger partial charge on any atom is 0.243 e. The van der Waals surface area contributed by atoms with Gasteiger partial charge in [0.05, 0.1) is 17.1 Å². The molecule has 0 saturated heterocycles. The van der Waals surface area contributed by atoms with Gasteiger partial charge in [-0.25, -0.2) is 12.8 Å². The molecule has 102 valence electrons. The van der Waals surface area contributed by atoms with Gasteiger partial charge < -0.3 is 5.11 Å². The molecule has 1 N–H and O–H groups in total. The number of hydrogen-bond donors (Lipinski definition) is 1. The summed E-state index contributed by atoms with van der Waals surface area (Å²) in [5, 5.41) is 17.7. The summed E-state index contributed by atoms with van der Waals surface area (Å²) in [6, 6.07) is 4.64. The van der Waals surface area contributed by atoms with Crippen molar-refractivity contribution >= 4 is 10.0 Å². The van der Waals surface area contributed by atoms with Crippen LogP contribution >= 0.6 is 0 Å². The average molecular weight is 284 g/mol. The van der Waals surface area contributed by atoms with Gasteiger partial charge in [0.2, 0.25) is 10.0 Å². The number of benzene rings is 1. The molecule has 0 unspecified atom stereocenters. The summed E-state index contributed by atoms with van der Waals surface area (Å²) in [6.07, 6.45) is 1.51. The zero-order valence-electron chi connectivity index (χ0n) is 10.1. The summed E-state index contributed by atoms with van der Waals surface area (Å²) in [5.41, 5.74) is -0.305. The zero-order chi connectivity index (χ0) is 14.0. The summed E-state index contributed by atoms with van der Waals surface area (Å²) < 4.78 is 39.1. The van der Waals surface area contributed by atoms with E-state index in [1.807, 2.05) is 0 Å². The molecule has 0 atom stereocenters. The lowest BCUT2D eigenvalue weighted by Crippen LogP contribution is -2.35. The van der Waals surface area contributed by atoms with Crippen molar-refractivity contribution in [2.45, 2.75) is 23.8 Å². The van der Waals surface area contributed by atoms with Crippen molar-refractivity contribution in [2.75, 3.05) is 13.2 Å². The number of aliphatic hydroxyl groups excluding tert-OH is 1. The van der Waals surface area contributed by atoms with Crippen LogP contribution < -0.4 is 0 Å². The number of nitrogens with zero attached hydrogens (tertiary/aromatic N) is 2. The third kappa shape index (κ3) is 2.76. The van der Waals surface area contributed by atoms with Crippen LogP contribution in [0.25, 0.3) is 0 Å². The summed E-state index contributed by atoms with van der Waals surface area (Å²) >= 11 is 0. The fourth-order valence-electron chi connectivity index (χ4n) is 1.85. The molecule has 1 saturated carbocycles. The summed E-state index contributed by atoms with van der Waals surface area (Å²) in [7, 11) is -3.79. The third-order valence-corrected chi connectivity index (χ3v) is 4.89. The number of rotatable bonds is 5. The molecule has 1 fully saturated rings. The van der Waals surface area contributed by atoms with E-state index in [2.05, 4.69) is 0 Å². The van der Waals surface area contributed by atoms with Crippen LogP contribution in [-0.4, -0.2) is 37.0 Å². The minimum absolute atomic E-state index is 0.00621. The Morgan fingerprint density at radius 3 is 2.68 bits per heavy atom. The standard InChI is InChI=1S/C12H13FN2O3S/c13-12-4-3-11(7-9(12)8-14)19(17,18)15(5-6-16)10-1-2-10/h3-4,7,10,16H,1-2,5-6H2. The van der Waals surface area contributed by atoms with Crippen LogP contribution in [0.4, 0.5) is 4.39 Å². The first-order valence-corrected chi connectivity index (χ1v) is 7.27. The van der Waals surface area contributed by atoms with Crippen LogP contribution in [0.5, 0.6) is 0 Å². The van der Waals surface area contributed by atoms with Crippen LogP contribution in [0.3, 0.4) is 0 Å². The molecular weight excluding hydrogens is 271 g/mol. The highest BCUT2D eigenvalue weighted by atomic mass is 32.2. The lowest BCUT2D eigenvalue weighted by Gasteiger charge is -2.20. The Balaban J connectivity index is 2.40. The lowest BCUT2D eigenvalue weighted by molar-refractivity contribution is 0.250. The van der Waals surface area contributed by atoms with E-state index >= 15 is 0 Å². The minimum atomic E-state index is -3.79. The fraction of sp³-hybridized carbons (Fsp3) is 0.417. The van der Waals surface area contributed by atoms with E-state index in [4.69, 9.17) is 10.4 Å². The highest BCUT2D eigenvalue weighted by Gasteiger charge is 2.37. The minimum Gasteiger partial charge on any atom is -0.395 e. The van der Waals surface area contributed by atoms with Gasteiger partial charge in [0.1, 0.15) is 11.9 Å². The van der Waals surface area contributed by atoms with E-state index in [0.29, 0.717) is 0 Å². The van der Waals surface area contributed by atoms with Gasteiger partial charge in [0, 0.05) is 12.6 Å². The Labute approximate surface area is 110 Å². The van der Waals surface area contributed by atoms with Crippen molar-refractivity contribution in [2.24, 2.45) is 0 Å². The van der Waals surface area contributed by atoms with Crippen molar-refractivity contribution in [3.8, 4) is 6.07 Å². The van der Waals surface area contributed by atoms with Crippen molar-refractivity contribution in [1.82, 2.24) is 4.31 Å². The first-order chi connectivity index (χ1) is 9.00. The van der Waals surface area contributed by atoms with Gasteiger partial charge in [-0.1, -0.05) is 0 Å². The van der Waals surface area contributed by atoms with Gasteiger partial charge in [-0.15, -0.1) is 0 Å². The Morgan fingerprint density at radius 2 is 2.16 bits per heavy atom. The molecule has 1 aromatic carbocycles.